The van der Waals surface area contributed by atoms with Crippen LogP contribution in [0.4, 0.5) is 22.0 Å². The second-order valence-corrected chi connectivity index (χ2v) is 6.41. The number of hydrogen-bond acceptors (Lipinski definition) is 2. The van der Waals surface area contributed by atoms with Gasteiger partial charge in [0.05, 0.1) is 6.20 Å². The normalized spacial score (nSPS) is 32.7. The topological polar surface area (TPSA) is 30.7 Å². The van der Waals surface area contributed by atoms with Crippen molar-refractivity contribution in [3.8, 4) is 11.3 Å². The Bertz CT molecular complexity index is 689. The molecule has 0 bridgehead atoms. The minimum Gasteiger partial charge on any atom is -0.252 e. The van der Waals surface area contributed by atoms with Gasteiger partial charge in [-0.25, -0.2) is 22.0 Å². The summed E-state index contributed by atoms with van der Waals surface area (Å²) < 4.78 is 69.1. The van der Waals surface area contributed by atoms with Gasteiger partial charge < -0.3 is 0 Å². The molecule has 25 heavy (non-hydrogen) atoms. The highest BCUT2D eigenvalue weighted by Crippen LogP contribution is 2.37. The summed E-state index contributed by atoms with van der Waals surface area (Å²) in [6.45, 7) is 1.98. The maximum atomic E-state index is 13.9. The molecular formula is C17H18F5N3. The van der Waals surface area contributed by atoms with Gasteiger partial charge in [-0.05, 0) is 13.3 Å². The molecule has 6 atom stereocenters. The van der Waals surface area contributed by atoms with Crippen molar-refractivity contribution >= 4 is 0 Å². The molecule has 2 unspecified atom stereocenters. The van der Waals surface area contributed by atoms with Crippen LogP contribution in [-0.4, -0.2) is 45.9 Å². The Morgan fingerprint density at radius 2 is 1.44 bits per heavy atom. The first-order valence-electron chi connectivity index (χ1n) is 8.06. The Morgan fingerprint density at radius 3 is 2.04 bits per heavy atom. The van der Waals surface area contributed by atoms with Crippen LogP contribution in [0.1, 0.15) is 12.0 Å². The number of hydrogen-bond donors (Lipinski definition) is 0. The van der Waals surface area contributed by atoms with Gasteiger partial charge in [0.1, 0.15) is 18.0 Å². The van der Waals surface area contributed by atoms with Crippen LogP contribution >= 0.6 is 0 Å². The van der Waals surface area contributed by atoms with E-state index in [1.807, 2.05) is 31.2 Å². The maximum Gasteiger partial charge on any atom is 0.168 e. The molecule has 0 aliphatic heterocycles. The van der Waals surface area contributed by atoms with Crippen molar-refractivity contribution in [3.05, 3.63) is 36.0 Å². The molecule has 1 aliphatic carbocycles. The van der Waals surface area contributed by atoms with Gasteiger partial charge in [-0.2, -0.15) is 0 Å². The van der Waals surface area contributed by atoms with E-state index in [-0.39, 0.29) is 13.0 Å². The van der Waals surface area contributed by atoms with Gasteiger partial charge in [-0.15, -0.1) is 5.10 Å². The predicted molar refractivity (Wildman–Crippen MR) is 82.8 cm³/mol. The fraction of sp³-hybridized carbons (Fsp3) is 0.529. The van der Waals surface area contributed by atoms with Crippen molar-refractivity contribution in [2.75, 3.05) is 0 Å². The Balaban J connectivity index is 1.66. The molecule has 2 aromatic rings. The lowest BCUT2D eigenvalue weighted by Crippen LogP contribution is -2.53. The van der Waals surface area contributed by atoms with Gasteiger partial charge in [0, 0.05) is 18.0 Å². The van der Waals surface area contributed by atoms with Gasteiger partial charge in [-0.3, -0.25) is 4.68 Å². The Morgan fingerprint density at radius 1 is 0.880 bits per heavy atom. The van der Waals surface area contributed by atoms with E-state index in [1.165, 1.54) is 4.68 Å². The smallest absolute Gasteiger partial charge is 0.168 e. The maximum absolute atomic E-state index is 13.9. The minimum absolute atomic E-state index is 0.0285. The molecule has 1 aromatic heterocycles. The quantitative estimate of drug-likeness (QED) is 0.774. The zero-order valence-electron chi connectivity index (χ0n) is 13.5. The number of alkyl halides is 5. The van der Waals surface area contributed by atoms with E-state index in [1.54, 1.807) is 6.20 Å². The monoisotopic (exact) mass is 359 g/mol. The third-order valence-electron chi connectivity index (χ3n) is 4.61. The van der Waals surface area contributed by atoms with Crippen LogP contribution in [0.15, 0.2) is 30.5 Å². The Hall–Kier alpha value is -1.99. The first-order chi connectivity index (χ1) is 11.9. The van der Waals surface area contributed by atoms with Crippen molar-refractivity contribution in [1.82, 2.24) is 15.0 Å². The second kappa shape index (κ2) is 7.09. The number of rotatable bonds is 4. The second-order valence-electron chi connectivity index (χ2n) is 6.41. The number of nitrogens with zero attached hydrogens (tertiary/aromatic N) is 3. The largest absolute Gasteiger partial charge is 0.252 e. The SMILES string of the molecule is Cc1ccc(-c2cn(CCC3[C@@H](F)[C@@H](F)C(F)[C@@H](F)[C@H]3F)nn2)cc1. The predicted octanol–water partition coefficient (Wildman–Crippen LogP) is 3.96. The fourth-order valence-electron chi connectivity index (χ4n) is 3.04. The van der Waals surface area contributed by atoms with Crippen LogP contribution in [-0.2, 0) is 6.54 Å². The highest BCUT2D eigenvalue weighted by atomic mass is 19.2. The third kappa shape index (κ3) is 3.52. The molecular weight excluding hydrogens is 341 g/mol. The standard InChI is InChI=1S/C17H18F5N3/c1-9-2-4-10(5-3-9)12-8-25(24-23-12)7-6-11-13(18)15(20)17(22)16(21)14(11)19/h2-5,8,11,13-17H,6-7H2,1H3/t11?,13-,14+,15-,16+,17?. The van der Waals surface area contributed by atoms with Crippen LogP contribution in [0.2, 0.25) is 0 Å². The summed E-state index contributed by atoms with van der Waals surface area (Å²) in [7, 11) is 0. The molecule has 136 valence electrons. The van der Waals surface area contributed by atoms with E-state index in [4.69, 9.17) is 0 Å². The van der Waals surface area contributed by atoms with Gasteiger partial charge in [0.25, 0.3) is 0 Å². The van der Waals surface area contributed by atoms with Gasteiger partial charge in [0.15, 0.2) is 18.5 Å². The molecule has 0 saturated heterocycles. The summed E-state index contributed by atoms with van der Waals surface area (Å²) in [6, 6.07) is 7.55. The number of aryl methyl sites for hydroxylation is 2. The zero-order valence-corrected chi connectivity index (χ0v) is 13.5. The summed E-state index contributed by atoms with van der Waals surface area (Å²) in [6.07, 6.45) is -11.4. The summed E-state index contributed by atoms with van der Waals surface area (Å²) in [5.74, 6) is -1.55. The summed E-state index contributed by atoms with van der Waals surface area (Å²) in [5, 5.41) is 7.84. The molecule has 1 aliphatic rings. The van der Waals surface area contributed by atoms with Gasteiger partial charge in [0.2, 0.25) is 0 Å². The first kappa shape index (κ1) is 17.8. The van der Waals surface area contributed by atoms with Crippen molar-refractivity contribution in [2.45, 2.75) is 50.7 Å². The Labute approximate surface area is 141 Å². The van der Waals surface area contributed by atoms with Crippen molar-refractivity contribution in [1.29, 1.82) is 0 Å². The van der Waals surface area contributed by atoms with E-state index < -0.39 is 36.8 Å². The van der Waals surface area contributed by atoms with E-state index in [9.17, 15) is 22.0 Å². The van der Waals surface area contributed by atoms with E-state index in [0.717, 1.165) is 11.1 Å². The molecule has 0 radical (unpaired) electrons. The highest BCUT2D eigenvalue weighted by Gasteiger charge is 2.53. The molecule has 1 saturated carbocycles. The molecule has 8 heteroatoms. The first-order valence-corrected chi connectivity index (χ1v) is 8.06. The van der Waals surface area contributed by atoms with E-state index >= 15 is 0 Å². The number of aromatic nitrogens is 3. The van der Waals surface area contributed by atoms with E-state index in [2.05, 4.69) is 10.3 Å². The van der Waals surface area contributed by atoms with Crippen LogP contribution < -0.4 is 0 Å². The lowest BCUT2D eigenvalue weighted by Gasteiger charge is -2.36. The summed E-state index contributed by atoms with van der Waals surface area (Å²) in [4.78, 5) is 0. The van der Waals surface area contributed by atoms with Gasteiger partial charge >= 0.3 is 0 Å². The number of benzene rings is 1. The van der Waals surface area contributed by atoms with Crippen molar-refractivity contribution in [2.24, 2.45) is 5.92 Å². The molecule has 1 aromatic carbocycles. The lowest BCUT2D eigenvalue weighted by atomic mass is 9.80. The minimum atomic E-state index is -2.76. The molecule has 1 heterocycles. The molecule has 0 N–H and O–H groups in total. The number of halogens is 5. The van der Waals surface area contributed by atoms with Crippen LogP contribution in [0.25, 0.3) is 11.3 Å². The van der Waals surface area contributed by atoms with E-state index in [0.29, 0.717) is 5.69 Å². The van der Waals surface area contributed by atoms with Crippen molar-refractivity contribution in [3.63, 3.8) is 0 Å². The zero-order chi connectivity index (χ0) is 18.1. The van der Waals surface area contributed by atoms with Crippen LogP contribution in [0, 0.1) is 12.8 Å². The average molecular weight is 359 g/mol. The summed E-state index contributed by atoms with van der Waals surface area (Å²) >= 11 is 0. The lowest BCUT2D eigenvalue weighted by molar-refractivity contribution is -0.0913. The fourth-order valence-corrected chi connectivity index (χ4v) is 3.04. The molecule has 0 spiro atoms. The molecule has 3 rings (SSSR count). The summed E-state index contributed by atoms with van der Waals surface area (Å²) in [5.41, 5.74) is 2.49. The highest BCUT2D eigenvalue weighted by molar-refractivity contribution is 5.57. The average Bonchev–Trinajstić information content (AvgIpc) is 3.08. The molecule has 0 amide bonds. The van der Waals surface area contributed by atoms with Crippen LogP contribution in [0.3, 0.4) is 0 Å². The third-order valence-corrected chi connectivity index (χ3v) is 4.61. The van der Waals surface area contributed by atoms with Crippen molar-refractivity contribution < 1.29 is 22.0 Å². The molecule has 3 nitrogen and oxygen atoms in total. The molecule has 1 fully saturated rings. The van der Waals surface area contributed by atoms with Gasteiger partial charge in [-0.1, -0.05) is 35.0 Å². The van der Waals surface area contributed by atoms with Crippen LogP contribution in [0.5, 0.6) is 0 Å². The Kier molecular flexibility index (Phi) is 5.06.